The van der Waals surface area contributed by atoms with E-state index in [1.807, 2.05) is 19.1 Å². The molecule has 144 valence electrons. The normalized spacial score (nSPS) is 19.0. The monoisotopic (exact) mass is 387 g/mol. The minimum atomic E-state index is -3.02. The number of carbonyl (C=O) groups excluding carboxylic acids is 1. The average Bonchev–Trinajstić information content (AvgIpc) is 3.15. The first-order chi connectivity index (χ1) is 12.7. The Morgan fingerprint density at radius 3 is 2.59 bits per heavy atom. The molecule has 1 amide bonds. The Labute approximate surface area is 160 Å². The van der Waals surface area contributed by atoms with Crippen molar-refractivity contribution in [1.82, 2.24) is 9.78 Å². The van der Waals surface area contributed by atoms with Crippen LogP contribution in [0.2, 0.25) is 0 Å². The minimum Gasteiger partial charge on any atom is -0.307 e. The zero-order chi connectivity index (χ0) is 19.6. The van der Waals surface area contributed by atoms with E-state index in [2.05, 4.69) is 36.4 Å². The maximum Gasteiger partial charge on any atom is 0.249 e. The van der Waals surface area contributed by atoms with Gasteiger partial charge in [-0.1, -0.05) is 38.1 Å². The van der Waals surface area contributed by atoms with Crippen LogP contribution in [0.25, 0.3) is 6.08 Å². The number of nitrogens with zero attached hydrogens (tertiary/aromatic N) is 2. The Morgan fingerprint density at radius 2 is 2.00 bits per heavy atom. The van der Waals surface area contributed by atoms with Gasteiger partial charge in [-0.05, 0) is 36.5 Å². The van der Waals surface area contributed by atoms with E-state index in [-0.39, 0.29) is 23.5 Å². The smallest absolute Gasteiger partial charge is 0.249 e. The Balaban J connectivity index is 1.69. The van der Waals surface area contributed by atoms with Gasteiger partial charge in [-0.25, -0.2) is 13.1 Å². The fourth-order valence-corrected chi connectivity index (χ4v) is 4.88. The molecule has 1 aliphatic rings. The van der Waals surface area contributed by atoms with E-state index in [0.29, 0.717) is 18.2 Å². The molecule has 1 unspecified atom stereocenters. The molecular weight excluding hydrogens is 362 g/mol. The van der Waals surface area contributed by atoms with Gasteiger partial charge in [0.2, 0.25) is 5.91 Å². The number of rotatable bonds is 5. The first-order valence-electron chi connectivity index (χ1n) is 9.09. The number of nitrogens with one attached hydrogen (secondary N) is 1. The lowest BCUT2D eigenvalue weighted by atomic mass is 10.0. The summed E-state index contributed by atoms with van der Waals surface area (Å²) in [5.41, 5.74) is 2.94. The molecule has 0 aliphatic carbocycles. The van der Waals surface area contributed by atoms with E-state index in [9.17, 15) is 13.2 Å². The number of aromatic nitrogens is 2. The number of benzene rings is 1. The predicted molar refractivity (Wildman–Crippen MR) is 107 cm³/mol. The van der Waals surface area contributed by atoms with E-state index in [0.717, 1.165) is 11.3 Å². The van der Waals surface area contributed by atoms with Gasteiger partial charge < -0.3 is 5.32 Å². The molecule has 0 bridgehead atoms. The van der Waals surface area contributed by atoms with E-state index in [4.69, 9.17) is 0 Å². The van der Waals surface area contributed by atoms with E-state index < -0.39 is 9.84 Å². The van der Waals surface area contributed by atoms with E-state index in [1.165, 1.54) is 11.6 Å². The lowest BCUT2D eigenvalue weighted by molar-refractivity contribution is -0.111. The Morgan fingerprint density at radius 1 is 1.30 bits per heavy atom. The summed E-state index contributed by atoms with van der Waals surface area (Å²) in [4.78, 5) is 12.3. The van der Waals surface area contributed by atoms with Crippen LogP contribution in [0.5, 0.6) is 0 Å². The third-order valence-corrected chi connectivity index (χ3v) is 6.44. The van der Waals surface area contributed by atoms with Gasteiger partial charge in [0.25, 0.3) is 0 Å². The van der Waals surface area contributed by atoms with Crippen LogP contribution in [0.3, 0.4) is 0 Å². The van der Waals surface area contributed by atoms with Crippen LogP contribution >= 0.6 is 0 Å². The topological polar surface area (TPSA) is 81.1 Å². The third-order valence-electron chi connectivity index (χ3n) is 4.69. The van der Waals surface area contributed by atoms with Gasteiger partial charge in [-0.3, -0.25) is 4.79 Å². The van der Waals surface area contributed by atoms with Crippen LogP contribution in [-0.4, -0.2) is 35.6 Å². The molecule has 7 heteroatoms. The number of carbonyl (C=O) groups is 1. The summed E-state index contributed by atoms with van der Waals surface area (Å²) < 4.78 is 25.1. The number of hydrogen-bond donors (Lipinski definition) is 1. The molecule has 1 fully saturated rings. The van der Waals surface area contributed by atoms with E-state index >= 15 is 0 Å². The van der Waals surface area contributed by atoms with Crippen LogP contribution in [0.4, 0.5) is 5.82 Å². The van der Waals surface area contributed by atoms with Gasteiger partial charge in [0, 0.05) is 12.1 Å². The summed E-state index contributed by atoms with van der Waals surface area (Å²) in [5, 5.41) is 7.18. The first-order valence-corrected chi connectivity index (χ1v) is 10.9. The van der Waals surface area contributed by atoms with Gasteiger partial charge in [0.05, 0.1) is 23.2 Å². The Bertz CT molecular complexity index is 957. The molecule has 2 aromatic rings. The second-order valence-electron chi connectivity index (χ2n) is 7.32. The summed E-state index contributed by atoms with van der Waals surface area (Å²) in [7, 11) is -3.02. The zero-order valence-corrected chi connectivity index (χ0v) is 16.7. The van der Waals surface area contributed by atoms with Gasteiger partial charge in [-0.15, -0.1) is 0 Å². The molecule has 1 aromatic carbocycles. The zero-order valence-electron chi connectivity index (χ0n) is 15.8. The lowest BCUT2D eigenvalue weighted by Gasteiger charge is -2.13. The molecule has 0 radical (unpaired) electrons. The number of hydrogen-bond acceptors (Lipinski definition) is 4. The van der Waals surface area contributed by atoms with Crippen LogP contribution < -0.4 is 5.32 Å². The predicted octanol–water partition coefficient (Wildman–Crippen LogP) is 3.33. The van der Waals surface area contributed by atoms with E-state index in [1.54, 1.807) is 16.8 Å². The summed E-state index contributed by atoms with van der Waals surface area (Å²) in [5.74, 6) is 0.948. The van der Waals surface area contributed by atoms with Crippen molar-refractivity contribution in [3.63, 3.8) is 0 Å². The summed E-state index contributed by atoms with van der Waals surface area (Å²) in [6.45, 7) is 6.10. The molecule has 3 rings (SSSR count). The summed E-state index contributed by atoms with van der Waals surface area (Å²) in [6.07, 6.45) is 3.75. The number of anilines is 1. The van der Waals surface area contributed by atoms with Crippen LogP contribution in [0.1, 0.15) is 49.0 Å². The number of amides is 1. The molecule has 27 heavy (non-hydrogen) atoms. The lowest BCUT2D eigenvalue weighted by Crippen LogP contribution is -2.18. The van der Waals surface area contributed by atoms with Gasteiger partial charge in [0.1, 0.15) is 5.82 Å². The molecule has 6 nitrogen and oxygen atoms in total. The largest absolute Gasteiger partial charge is 0.307 e. The summed E-state index contributed by atoms with van der Waals surface area (Å²) in [6, 6.07) is 9.61. The van der Waals surface area contributed by atoms with Crippen molar-refractivity contribution < 1.29 is 13.2 Å². The highest BCUT2D eigenvalue weighted by Crippen LogP contribution is 2.27. The highest BCUT2D eigenvalue weighted by molar-refractivity contribution is 7.91. The highest BCUT2D eigenvalue weighted by Gasteiger charge is 2.31. The van der Waals surface area contributed by atoms with Crippen LogP contribution in [0, 0.1) is 6.92 Å². The second-order valence-corrected chi connectivity index (χ2v) is 9.55. The van der Waals surface area contributed by atoms with Crippen molar-refractivity contribution in [3.05, 3.63) is 53.2 Å². The fourth-order valence-electron chi connectivity index (χ4n) is 3.19. The number of aryl methyl sites for hydroxylation is 1. The molecule has 2 heterocycles. The van der Waals surface area contributed by atoms with Crippen LogP contribution in [0.15, 0.2) is 36.4 Å². The molecule has 1 saturated heterocycles. The Hall–Kier alpha value is -2.41. The highest BCUT2D eigenvalue weighted by atomic mass is 32.2. The molecule has 0 saturated carbocycles. The molecule has 1 aliphatic heterocycles. The molecule has 1 N–H and O–H groups in total. The minimum absolute atomic E-state index is 0.0645. The van der Waals surface area contributed by atoms with Crippen LogP contribution in [-0.2, 0) is 14.6 Å². The van der Waals surface area contributed by atoms with Crippen molar-refractivity contribution in [1.29, 1.82) is 0 Å². The quantitative estimate of drug-likeness (QED) is 0.798. The van der Waals surface area contributed by atoms with Gasteiger partial charge in [0.15, 0.2) is 9.84 Å². The van der Waals surface area contributed by atoms with Crippen molar-refractivity contribution in [2.75, 3.05) is 16.8 Å². The first kappa shape index (κ1) is 19.4. The van der Waals surface area contributed by atoms with Crippen molar-refractivity contribution in [3.8, 4) is 0 Å². The molecule has 1 aromatic heterocycles. The molecule has 1 atom stereocenters. The SMILES string of the molecule is Cc1cc(NC(=O)/C=C/c2ccc(C(C)C)cc2)n(C2CCS(=O)(=O)C2)n1. The number of sulfone groups is 1. The standard InChI is InChI=1S/C20H25N3O3S/c1-14(2)17-7-4-16(5-8-17)6-9-20(24)21-19-12-15(3)22-23(19)18-10-11-27(25,26)13-18/h4-9,12,14,18H,10-11,13H2,1-3H3,(H,21,24)/b9-6+. The third kappa shape index (κ3) is 4.86. The molecular formula is C20H25N3O3S. The second kappa shape index (κ2) is 7.68. The fraction of sp³-hybridized carbons (Fsp3) is 0.400. The summed E-state index contributed by atoms with van der Waals surface area (Å²) >= 11 is 0. The maximum absolute atomic E-state index is 12.3. The van der Waals surface area contributed by atoms with Crippen molar-refractivity contribution in [2.45, 2.75) is 39.2 Å². The van der Waals surface area contributed by atoms with Gasteiger partial charge in [-0.2, -0.15) is 5.10 Å². The van der Waals surface area contributed by atoms with Crippen molar-refractivity contribution >= 4 is 27.6 Å². The van der Waals surface area contributed by atoms with Gasteiger partial charge >= 0.3 is 0 Å². The Kier molecular flexibility index (Phi) is 5.51. The molecule has 0 spiro atoms. The average molecular weight is 388 g/mol. The maximum atomic E-state index is 12.3. The van der Waals surface area contributed by atoms with Crippen molar-refractivity contribution in [2.24, 2.45) is 0 Å².